The second-order valence-electron chi connectivity index (χ2n) is 5.04. The van der Waals surface area contributed by atoms with Crippen LogP contribution in [0.4, 0.5) is 17.1 Å². The van der Waals surface area contributed by atoms with E-state index in [2.05, 4.69) is 21.2 Å². The molecule has 130 valence electrons. The van der Waals surface area contributed by atoms with Gasteiger partial charge in [-0.2, -0.15) is 0 Å². The van der Waals surface area contributed by atoms with Crippen LogP contribution < -0.4 is 11.1 Å². The molecule has 8 nitrogen and oxygen atoms in total. The lowest BCUT2D eigenvalue weighted by atomic mass is 10.2. The number of esters is 1. The Morgan fingerprint density at radius 3 is 2.64 bits per heavy atom. The summed E-state index contributed by atoms with van der Waals surface area (Å²) in [6.45, 7) is 1.36. The minimum atomic E-state index is -1.18. The van der Waals surface area contributed by atoms with Gasteiger partial charge in [0.05, 0.1) is 10.5 Å². The number of nitrogens with one attached hydrogen (secondary N) is 1. The van der Waals surface area contributed by atoms with Crippen molar-refractivity contribution >= 4 is 44.9 Å². The van der Waals surface area contributed by atoms with E-state index in [1.807, 2.05) is 0 Å². The van der Waals surface area contributed by atoms with Crippen LogP contribution in [0.3, 0.4) is 0 Å². The van der Waals surface area contributed by atoms with Crippen molar-refractivity contribution in [3.05, 3.63) is 62.6 Å². The van der Waals surface area contributed by atoms with E-state index in [1.165, 1.54) is 37.3 Å². The van der Waals surface area contributed by atoms with E-state index >= 15 is 0 Å². The number of carbonyl (C=O) groups excluding carboxylic acids is 2. The van der Waals surface area contributed by atoms with E-state index in [0.717, 1.165) is 0 Å². The highest BCUT2D eigenvalue weighted by atomic mass is 79.9. The largest absolute Gasteiger partial charge is 0.449 e. The molecule has 0 radical (unpaired) electrons. The summed E-state index contributed by atoms with van der Waals surface area (Å²) in [5.41, 5.74) is 5.80. The summed E-state index contributed by atoms with van der Waals surface area (Å²) in [5, 5.41) is 13.3. The zero-order chi connectivity index (χ0) is 18.6. The minimum Gasteiger partial charge on any atom is -0.449 e. The number of benzene rings is 2. The number of carbonyl (C=O) groups is 2. The summed E-state index contributed by atoms with van der Waals surface area (Å²) in [4.78, 5) is 34.6. The number of hydrogen-bond acceptors (Lipinski definition) is 6. The van der Waals surface area contributed by atoms with Crippen LogP contribution in [-0.2, 0) is 9.53 Å². The van der Waals surface area contributed by atoms with Crippen molar-refractivity contribution in [1.82, 2.24) is 0 Å². The molecule has 2 aromatic rings. The standard InChI is InChI=1S/C16H14BrN3O5/c1-9(25-16(22)11-8-10(17)6-7-12(11)18)15(21)19-13-4-2-3-5-14(13)20(23)24/h2-9H,18H2,1H3,(H,19,21)/t9-/m1/s1. The van der Waals surface area contributed by atoms with Crippen molar-refractivity contribution in [2.75, 3.05) is 11.1 Å². The molecule has 0 aliphatic carbocycles. The molecule has 25 heavy (non-hydrogen) atoms. The number of nitro benzene ring substituents is 1. The Labute approximate surface area is 151 Å². The number of rotatable bonds is 5. The van der Waals surface area contributed by atoms with Crippen molar-refractivity contribution in [1.29, 1.82) is 0 Å². The van der Waals surface area contributed by atoms with Gasteiger partial charge in [0.2, 0.25) is 0 Å². The van der Waals surface area contributed by atoms with E-state index in [9.17, 15) is 19.7 Å². The highest BCUT2D eigenvalue weighted by Crippen LogP contribution is 2.24. The molecule has 0 aliphatic heterocycles. The van der Waals surface area contributed by atoms with Crippen LogP contribution in [0.2, 0.25) is 0 Å². The highest BCUT2D eigenvalue weighted by Gasteiger charge is 2.23. The van der Waals surface area contributed by atoms with Gasteiger partial charge in [-0.15, -0.1) is 0 Å². The zero-order valence-electron chi connectivity index (χ0n) is 13.1. The Morgan fingerprint density at radius 1 is 1.28 bits per heavy atom. The van der Waals surface area contributed by atoms with Crippen molar-refractivity contribution in [2.24, 2.45) is 0 Å². The fourth-order valence-corrected chi connectivity index (χ4v) is 2.32. The maximum atomic E-state index is 12.2. The van der Waals surface area contributed by atoms with Gasteiger partial charge in [-0.1, -0.05) is 28.1 Å². The van der Waals surface area contributed by atoms with Crippen LogP contribution in [0.1, 0.15) is 17.3 Å². The molecule has 1 amide bonds. The number of halogens is 1. The Kier molecular flexibility index (Phi) is 5.71. The third-order valence-electron chi connectivity index (χ3n) is 3.25. The van der Waals surface area contributed by atoms with Crippen LogP contribution in [-0.4, -0.2) is 22.9 Å². The van der Waals surface area contributed by atoms with Gasteiger partial charge in [-0.05, 0) is 31.2 Å². The predicted molar refractivity (Wildman–Crippen MR) is 95.2 cm³/mol. The summed E-state index contributed by atoms with van der Waals surface area (Å²) in [6.07, 6.45) is -1.18. The van der Waals surface area contributed by atoms with E-state index in [4.69, 9.17) is 10.5 Å². The average molecular weight is 408 g/mol. The van der Waals surface area contributed by atoms with Crippen molar-refractivity contribution in [3.63, 3.8) is 0 Å². The van der Waals surface area contributed by atoms with Crippen LogP contribution in [0.15, 0.2) is 46.9 Å². The molecule has 0 aliphatic rings. The van der Waals surface area contributed by atoms with Gasteiger partial charge >= 0.3 is 5.97 Å². The summed E-state index contributed by atoms with van der Waals surface area (Å²) in [5.74, 6) is -1.47. The molecule has 2 rings (SSSR count). The Hall–Kier alpha value is -2.94. The molecule has 0 spiro atoms. The molecule has 0 saturated heterocycles. The summed E-state index contributed by atoms with van der Waals surface area (Å²) in [6, 6.07) is 10.3. The maximum absolute atomic E-state index is 12.2. The summed E-state index contributed by atoms with van der Waals surface area (Å²) in [7, 11) is 0. The number of para-hydroxylation sites is 2. The molecular formula is C16H14BrN3O5. The van der Waals surface area contributed by atoms with Crippen molar-refractivity contribution < 1.29 is 19.2 Å². The molecule has 0 aromatic heterocycles. The number of nitro groups is 1. The molecule has 0 unspecified atom stereocenters. The molecule has 2 aromatic carbocycles. The lowest BCUT2D eigenvalue weighted by Gasteiger charge is -2.14. The van der Waals surface area contributed by atoms with Gasteiger partial charge in [0.25, 0.3) is 11.6 Å². The Bertz CT molecular complexity index is 840. The second-order valence-corrected chi connectivity index (χ2v) is 5.96. The minimum absolute atomic E-state index is 0.0161. The molecule has 0 saturated carbocycles. The molecular weight excluding hydrogens is 394 g/mol. The van der Waals surface area contributed by atoms with Gasteiger partial charge in [0.15, 0.2) is 6.10 Å². The van der Waals surface area contributed by atoms with Gasteiger partial charge in [0, 0.05) is 16.2 Å². The first-order chi connectivity index (χ1) is 11.8. The second kappa shape index (κ2) is 7.75. The van der Waals surface area contributed by atoms with E-state index < -0.39 is 22.9 Å². The number of nitrogens with two attached hydrogens (primary N) is 1. The van der Waals surface area contributed by atoms with Crippen LogP contribution in [0.5, 0.6) is 0 Å². The number of nitrogen functional groups attached to an aromatic ring is 1. The van der Waals surface area contributed by atoms with Gasteiger partial charge in [-0.3, -0.25) is 14.9 Å². The quantitative estimate of drug-likeness (QED) is 0.339. The molecule has 0 fully saturated rings. The fraction of sp³-hybridized carbons (Fsp3) is 0.125. The van der Waals surface area contributed by atoms with Gasteiger partial charge < -0.3 is 15.8 Å². The number of ether oxygens (including phenoxy) is 1. The first kappa shape index (κ1) is 18.4. The maximum Gasteiger partial charge on any atom is 0.341 e. The number of hydrogen-bond donors (Lipinski definition) is 2. The molecule has 0 heterocycles. The highest BCUT2D eigenvalue weighted by molar-refractivity contribution is 9.10. The summed E-state index contributed by atoms with van der Waals surface area (Å²) < 4.78 is 5.72. The topological polar surface area (TPSA) is 125 Å². The Balaban J connectivity index is 2.09. The normalized spacial score (nSPS) is 11.4. The van der Waals surface area contributed by atoms with Crippen molar-refractivity contribution in [2.45, 2.75) is 13.0 Å². The SMILES string of the molecule is C[C@@H](OC(=O)c1cc(Br)ccc1N)C(=O)Nc1ccccc1[N+](=O)[O-]. The average Bonchev–Trinajstić information content (AvgIpc) is 2.57. The first-order valence-corrected chi connectivity index (χ1v) is 7.89. The predicted octanol–water partition coefficient (Wildman–Crippen LogP) is 3.12. The first-order valence-electron chi connectivity index (χ1n) is 7.10. The summed E-state index contributed by atoms with van der Waals surface area (Å²) >= 11 is 3.22. The van der Waals surface area contributed by atoms with Crippen LogP contribution in [0, 0.1) is 10.1 Å². The van der Waals surface area contributed by atoms with Crippen LogP contribution >= 0.6 is 15.9 Å². The molecule has 1 atom stereocenters. The third-order valence-corrected chi connectivity index (χ3v) is 3.74. The van der Waals surface area contributed by atoms with E-state index in [1.54, 1.807) is 12.1 Å². The van der Waals surface area contributed by atoms with Gasteiger partial charge in [0.1, 0.15) is 5.69 Å². The van der Waals surface area contributed by atoms with E-state index in [0.29, 0.717) is 4.47 Å². The van der Waals surface area contributed by atoms with Crippen molar-refractivity contribution in [3.8, 4) is 0 Å². The lowest BCUT2D eigenvalue weighted by Crippen LogP contribution is -2.30. The number of nitrogens with zero attached hydrogens (tertiary/aromatic N) is 1. The number of amides is 1. The monoisotopic (exact) mass is 407 g/mol. The molecule has 9 heteroatoms. The molecule has 3 N–H and O–H groups in total. The Morgan fingerprint density at radius 2 is 1.96 bits per heavy atom. The number of anilines is 2. The van der Waals surface area contributed by atoms with Gasteiger partial charge in [-0.25, -0.2) is 4.79 Å². The van der Waals surface area contributed by atoms with E-state index in [-0.39, 0.29) is 22.6 Å². The zero-order valence-corrected chi connectivity index (χ0v) is 14.6. The smallest absolute Gasteiger partial charge is 0.341 e. The lowest BCUT2D eigenvalue weighted by molar-refractivity contribution is -0.383. The fourth-order valence-electron chi connectivity index (χ4n) is 1.96. The van der Waals surface area contributed by atoms with Crippen LogP contribution in [0.25, 0.3) is 0 Å². The molecule has 0 bridgehead atoms. The third kappa shape index (κ3) is 4.54.